The number of carbonyl (C=O) groups is 1. The van der Waals surface area contributed by atoms with E-state index in [1.165, 1.54) is 0 Å². The Morgan fingerprint density at radius 1 is 1.53 bits per heavy atom. The van der Waals surface area contributed by atoms with Crippen molar-refractivity contribution in [1.82, 2.24) is 0 Å². The van der Waals surface area contributed by atoms with Crippen LogP contribution in [0, 0.1) is 11.3 Å². The standard InChI is InChI=1S/C13H12BrNO2/c14-9-10-3-4-11(5-6-13(16)17)12(8-10)2-1-7-15/h3-6,8H,1-2,9H2,(H,16,17)/b6-5+. The van der Waals surface area contributed by atoms with E-state index in [9.17, 15) is 4.79 Å². The molecule has 88 valence electrons. The number of carboxylic acid groups (broad SMARTS) is 1. The van der Waals surface area contributed by atoms with Gasteiger partial charge in [0.2, 0.25) is 0 Å². The maximum Gasteiger partial charge on any atom is 0.328 e. The van der Waals surface area contributed by atoms with Crippen LogP contribution in [-0.4, -0.2) is 11.1 Å². The highest BCUT2D eigenvalue weighted by atomic mass is 79.9. The van der Waals surface area contributed by atoms with Crippen LogP contribution in [0.5, 0.6) is 0 Å². The largest absolute Gasteiger partial charge is 0.478 e. The number of halogens is 1. The molecule has 0 amide bonds. The minimum atomic E-state index is -0.971. The second-order valence-electron chi connectivity index (χ2n) is 3.50. The van der Waals surface area contributed by atoms with Crippen molar-refractivity contribution in [2.45, 2.75) is 18.2 Å². The topological polar surface area (TPSA) is 61.1 Å². The van der Waals surface area contributed by atoms with Gasteiger partial charge in [-0.15, -0.1) is 0 Å². The molecule has 0 spiro atoms. The number of benzene rings is 1. The fourth-order valence-electron chi connectivity index (χ4n) is 1.47. The van der Waals surface area contributed by atoms with Gasteiger partial charge in [0, 0.05) is 17.8 Å². The van der Waals surface area contributed by atoms with Gasteiger partial charge < -0.3 is 5.11 Å². The molecule has 1 N–H and O–H groups in total. The molecule has 1 aromatic rings. The molecule has 0 heterocycles. The second-order valence-corrected chi connectivity index (χ2v) is 4.06. The molecule has 0 bridgehead atoms. The van der Waals surface area contributed by atoms with Gasteiger partial charge in [0.05, 0.1) is 6.07 Å². The molecule has 3 nitrogen and oxygen atoms in total. The number of aryl methyl sites for hydroxylation is 1. The van der Waals surface area contributed by atoms with E-state index in [4.69, 9.17) is 10.4 Å². The number of nitriles is 1. The number of carboxylic acids is 1. The molecule has 4 heteroatoms. The Bertz CT molecular complexity index is 475. The molecular formula is C13H12BrNO2. The number of hydrogen-bond donors (Lipinski definition) is 1. The molecule has 1 aromatic carbocycles. The first kappa shape index (κ1) is 13.5. The predicted molar refractivity (Wildman–Crippen MR) is 69.7 cm³/mol. The Morgan fingerprint density at radius 2 is 2.29 bits per heavy atom. The number of aliphatic carboxylic acids is 1. The first-order chi connectivity index (χ1) is 8.17. The molecule has 0 aliphatic carbocycles. The van der Waals surface area contributed by atoms with Gasteiger partial charge in [0.25, 0.3) is 0 Å². The zero-order chi connectivity index (χ0) is 12.7. The van der Waals surface area contributed by atoms with Gasteiger partial charge >= 0.3 is 5.97 Å². The van der Waals surface area contributed by atoms with E-state index in [1.807, 2.05) is 18.2 Å². The van der Waals surface area contributed by atoms with E-state index in [0.717, 1.165) is 28.1 Å². The van der Waals surface area contributed by atoms with Gasteiger partial charge in [0.1, 0.15) is 0 Å². The molecule has 0 fully saturated rings. The summed E-state index contributed by atoms with van der Waals surface area (Å²) in [5, 5.41) is 17.9. The van der Waals surface area contributed by atoms with Gasteiger partial charge in [-0.05, 0) is 29.2 Å². The van der Waals surface area contributed by atoms with Crippen LogP contribution in [0.4, 0.5) is 0 Å². The first-order valence-corrected chi connectivity index (χ1v) is 6.25. The maximum atomic E-state index is 10.5. The summed E-state index contributed by atoms with van der Waals surface area (Å²) in [7, 11) is 0. The molecule has 0 unspecified atom stereocenters. The van der Waals surface area contributed by atoms with Gasteiger partial charge in [-0.3, -0.25) is 0 Å². The lowest BCUT2D eigenvalue weighted by Crippen LogP contribution is -1.93. The summed E-state index contributed by atoms with van der Waals surface area (Å²) < 4.78 is 0. The summed E-state index contributed by atoms with van der Waals surface area (Å²) in [6.07, 6.45) is 3.74. The third-order valence-corrected chi connectivity index (χ3v) is 2.92. The van der Waals surface area contributed by atoms with Crippen LogP contribution in [-0.2, 0) is 16.5 Å². The first-order valence-electron chi connectivity index (χ1n) is 5.13. The summed E-state index contributed by atoms with van der Waals surface area (Å²) in [6.45, 7) is 0. The zero-order valence-corrected chi connectivity index (χ0v) is 10.8. The highest BCUT2D eigenvalue weighted by Crippen LogP contribution is 2.17. The quantitative estimate of drug-likeness (QED) is 0.670. The molecule has 0 aromatic heterocycles. The Kier molecular flexibility index (Phi) is 5.44. The summed E-state index contributed by atoms with van der Waals surface area (Å²) in [6, 6.07) is 7.90. The van der Waals surface area contributed by atoms with Crippen molar-refractivity contribution in [2.24, 2.45) is 0 Å². The fraction of sp³-hybridized carbons (Fsp3) is 0.231. The van der Waals surface area contributed by atoms with Crippen molar-refractivity contribution >= 4 is 28.0 Å². The lowest BCUT2D eigenvalue weighted by Gasteiger charge is -2.06. The third-order valence-electron chi connectivity index (χ3n) is 2.27. The van der Waals surface area contributed by atoms with Crippen molar-refractivity contribution in [1.29, 1.82) is 5.26 Å². The Hall–Kier alpha value is -1.60. The Morgan fingerprint density at radius 3 is 2.88 bits per heavy atom. The maximum absolute atomic E-state index is 10.5. The number of rotatable bonds is 5. The molecule has 0 aliphatic rings. The van der Waals surface area contributed by atoms with Crippen molar-refractivity contribution in [3.05, 3.63) is 41.0 Å². The SMILES string of the molecule is N#CCCc1cc(CBr)ccc1/C=C/C(=O)O. The minimum Gasteiger partial charge on any atom is -0.478 e. The number of alkyl halides is 1. The summed E-state index contributed by atoms with van der Waals surface area (Å²) >= 11 is 3.37. The van der Waals surface area contributed by atoms with Crippen LogP contribution in [0.25, 0.3) is 6.08 Å². The molecule has 0 atom stereocenters. The van der Waals surface area contributed by atoms with E-state index >= 15 is 0 Å². The third kappa shape index (κ3) is 4.41. The van der Waals surface area contributed by atoms with E-state index < -0.39 is 5.97 Å². The van der Waals surface area contributed by atoms with Crippen molar-refractivity contribution in [3.8, 4) is 6.07 Å². The van der Waals surface area contributed by atoms with E-state index in [-0.39, 0.29) is 0 Å². The van der Waals surface area contributed by atoms with E-state index in [1.54, 1.807) is 6.08 Å². The van der Waals surface area contributed by atoms with Crippen molar-refractivity contribution < 1.29 is 9.90 Å². The normalized spacial score (nSPS) is 10.4. The molecule has 17 heavy (non-hydrogen) atoms. The molecule has 0 saturated carbocycles. The molecule has 0 aliphatic heterocycles. The average molecular weight is 294 g/mol. The molecule has 0 saturated heterocycles. The van der Waals surface area contributed by atoms with Gasteiger partial charge in [0.15, 0.2) is 0 Å². The number of hydrogen-bond acceptors (Lipinski definition) is 2. The van der Waals surface area contributed by atoms with Crippen LogP contribution < -0.4 is 0 Å². The van der Waals surface area contributed by atoms with Gasteiger partial charge in [-0.25, -0.2) is 4.79 Å². The zero-order valence-electron chi connectivity index (χ0n) is 9.19. The Labute approximate surface area is 109 Å². The van der Waals surface area contributed by atoms with Crippen LogP contribution in [0.1, 0.15) is 23.1 Å². The molecule has 1 rings (SSSR count). The smallest absolute Gasteiger partial charge is 0.328 e. The average Bonchev–Trinajstić information content (AvgIpc) is 2.34. The summed E-state index contributed by atoms with van der Waals surface area (Å²) in [5.74, 6) is -0.971. The lowest BCUT2D eigenvalue weighted by molar-refractivity contribution is -0.131. The van der Waals surface area contributed by atoms with Crippen molar-refractivity contribution in [3.63, 3.8) is 0 Å². The van der Waals surface area contributed by atoms with Crippen LogP contribution in [0.15, 0.2) is 24.3 Å². The molecular weight excluding hydrogens is 282 g/mol. The van der Waals surface area contributed by atoms with Gasteiger partial charge in [-0.1, -0.05) is 34.1 Å². The number of nitrogens with zero attached hydrogens (tertiary/aromatic N) is 1. The second kappa shape index (κ2) is 6.87. The highest BCUT2D eigenvalue weighted by molar-refractivity contribution is 9.08. The van der Waals surface area contributed by atoms with Crippen LogP contribution in [0.3, 0.4) is 0 Å². The van der Waals surface area contributed by atoms with Crippen molar-refractivity contribution in [2.75, 3.05) is 0 Å². The summed E-state index contributed by atoms with van der Waals surface area (Å²) in [5.41, 5.74) is 2.97. The fourth-order valence-corrected chi connectivity index (χ4v) is 1.82. The predicted octanol–water partition coefficient (Wildman–Crippen LogP) is 3.14. The lowest BCUT2D eigenvalue weighted by atomic mass is 10.0. The highest BCUT2D eigenvalue weighted by Gasteiger charge is 2.02. The monoisotopic (exact) mass is 293 g/mol. The van der Waals surface area contributed by atoms with Crippen LogP contribution in [0.2, 0.25) is 0 Å². The van der Waals surface area contributed by atoms with Gasteiger partial charge in [-0.2, -0.15) is 5.26 Å². The van der Waals surface area contributed by atoms with Crippen LogP contribution >= 0.6 is 15.9 Å². The Balaban J connectivity index is 3.02. The summed E-state index contributed by atoms with van der Waals surface area (Å²) in [4.78, 5) is 10.5. The minimum absolute atomic E-state index is 0.430. The van der Waals surface area contributed by atoms with E-state index in [0.29, 0.717) is 12.8 Å². The van der Waals surface area contributed by atoms with E-state index in [2.05, 4.69) is 22.0 Å². The molecule has 0 radical (unpaired) electrons.